The maximum Gasteiger partial charge on any atom is 0.410 e. The second kappa shape index (κ2) is 14.3. The number of aryl methyl sites for hydroxylation is 1. The van der Waals surface area contributed by atoms with Crippen molar-refractivity contribution in [1.82, 2.24) is 9.80 Å². The summed E-state index contributed by atoms with van der Waals surface area (Å²) in [5.41, 5.74) is 7.29. The van der Waals surface area contributed by atoms with E-state index in [1.165, 1.54) is 33.4 Å². The Bertz CT molecular complexity index is 1420. The molecule has 1 amide bonds. The van der Waals surface area contributed by atoms with Gasteiger partial charge in [0, 0.05) is 32.7 Å². The number of hydrogen-bond acceptors (Lipinski definition) is 5. The summed E-state index contributed by atoms with van der Waals surface area (Å²) >= 11 is 0. The van der Waals surface area contributed by atoms with E-state index in [0.29, 0.717) is 13.1 Å². The molecular formula is C38H48N2O4. The number of amides is 1. The largest absolute Gasteiger partial charge is 0.494 e. The minimum atomic E-state index is -0.474. The molecule has 0 radical (unpaired) electrons. The number of allylic oxidation sites excluding steroid dienone is 1. The van der Waals surface area contributed by atoms with Crippen LogP contribution >= 0.6 is 0 Å². The number of benzene rings is 3. The van der Waals surface area contributed by atoms with Crippen molar-refractivity contribution in [1.29, 1.82) is 0 Å². The van der Waals surface area contributed by atoms with Crippen molar-refractivity contribution in [3.05, 3.63) is 95.1 Å². The normalized spacial score (nSPS) is 16.3. The second-order valence-corrected chi connectivity index (χ2v) is 13.0. The number of piperazine rings is 1. The van der Waals surface area contributed by atoms with Gasteiger partial charge in [0.15, 0.2) is 0 Å². The quantitative estimate of drug-likeness (QED) is 0.222. The van der Waals surface area contributed by atoms with Gasteiger partial charge in [-0.2, -0.15) is 0 Å². The number of carbonyl (C=O) groups excluding carboxylic acids is 1. The van der Waals surface area contributed by atoms with Gasteiger partial charge < -0.3 is 19.1 Å². The molecule has 234 valence electrons. The van der Waals surface area contributed by atoms with Crippen molar-refractivity contribution in [2.24, 2.45) is 0 Å². The minimum Gasteiger partial charge on any atom is -0.494 e. The fourth-order valence-corrected chi connectivity index (χ4v) is 6.02. The van der Waals surface area contributed by atoms with Gasteiger partial charge in [-0.15, -0.1) is 0 Å². The molecule has 5 rings (SSSR count). The third-order valence-electron chi connectivity index (χ3n) is 8.20. The van der Waals surface area contributed by atoms with E-state index in [2.05, 4.69) is 91.5 Å². The van der Waals surface area contributed by atoms with Gasteiger partial charge in [-0.25, -0.2) is 4.79 Å². The van der Waals surface area contributed by atoms with Crippen LogP contribution in [0.2, 0.25) is 0 Å². The molecule has 3 aromatic rings. The maximum atomic E-state index is 12.4. The summed E-state index contributed by atoms with van der Waals surface area (Å²) in [6.45, 7) is 14.5. The van der Waals surface area contributed by atoms with E-state index < -0.39 is 5.60 Å². The molecule has 0 N–H and O–H groups in total. The molecule has 1 aliphatic carbocycles. The van der Waals surface area contributed by atoms with Crippen molar-refractivity contribution in [2.45, 2.75) is 72.0 Å². The first-order valence-corrected chi connectivity index (χ1v) is 16.2. The van der Waals surface area contributed by atoms with Crippen LogP contribution in [0.1, 0.15) is 76.1 Å². The van der Waals surface area contributed by atoms with Crippen LogP contribution in [0.4, 0.5) is 4.79 Å². The van der Waals surface area contributed by atoms with E-state index in [1.807, 2.05) is 20.8 Å². The van der Waals surface area contributed by atoms with Crippen molar-refractivity contribution < 1.29 is 19.0 Å². The van der Waals surface area contributed by atoms with Gasteiger partial charge in [0.05, 0.1) is 6.61 Å². The first-order valence-electron chi connectivity index (χ1n) is 16.2. The highest BCUT2D eigenvalue weighted by Gasteiger charge is 2.27. The molecule has 0 aromatic heterocycles. The summed E-state index contributed by atoms with van der Waals surface area (Å²) in [5.74, 6) is 1.83. The molecule has 44 heavy (non-hydrogen) atoms. The molecule has 1 atom stereocenters. The van der Waals surface area contributed by atoms with E-state index in [9.17, 15) is 4.79 Å². The van der Waals surface area contributed by atoms with Gasteiger partial charge in [-0.1, -0.05) is 61.9 Å². The van der Waals surface area contributed by atoms with Gasteiger partial charge in [-0.3, -0.25) is 4.90 Å². The molecule has 3 aromatic carbocycles. The third kappa shape index (κ3) is 8.23. The summed E-state index contributed by atoms with van der Waals surface area (Å²) < 4.78 is 17.9. The number of unbranched alkanes of at least 4 members (excludes halogenated alkanes) is 1. The molecular weight excluding hydrogens is 548 g/mol. The predicted octanol–water partition coefficient (Wildman–Crippen LogP) is 8.09. The fourth-order valence-electron chi connectivity index (χ4n) is 6.02. The Hall–Kier alpha value is -3.77. The lowest BCUT2D eigenvalue weighted by molar-refractivity contribution is 0.0118. The lowest BCUT2D eigenvalue weighted by Crippen LogP contribution is -2.51. The summed E-state index contributed by atoms with van der Waals surface area (Å²) in [4.78, 5) is 16.6. The predicted molar refractivity (Wildman–Crippen MR) is 178 cm³/mol. The van der Waals surface area contributed by atoms with E-state index in [0.717, 1.165) is 63.4 Å². The summed E-state index contributed by atoms with van der Waals surface area (Å²) in [6, 6.07) is 25.9. The molecule has 6 heteroatoms. The van der Waals surface area contributed by atoms with Crippen molar-refractivity contribution in [2.75, 3.05) is 39.3 Å². The van der Waals surface area contributed by atoms with Crippen LogP contribution in [-0.2, 0) is 11.2 Å². The third-order valence-corrected chi connectivity index (χ3v) is 8.20. The van der Waals surface area contributed by atoms with Crippen LogP contribution in [-0.4, -0.2) is 66.9 Å². The summed E-state index contributed by atoms with van der Waals surface area (Å²) in [5, 5.41) is 0. The Morgan fingerprint density at radius 1 is 0.864 bits per heavy atom. The molecule has 1 saturated heterocycles. The lowest BCUT2D eigenvalue weighted by atomic mass is 9.79. The van der Waals surface area contributed by atoms with Crippen LogP contribution in [0.5, 0.6) is 11.5 Å². The van der Waals surface area contributed by atoms with Crippen LogP contribution in [0.15, 0.2) is 72.8 Å². The van der Waals surface area contributed by atoms with E-state index in [-0.39, 0.29) is 12.2 Å². The highest BCUT2D eigenvalue weighted by atomic mass is 16.6. The van der Waals surface area contributed by atoms with Crippen LogP contribution < -0.4 is 9.47 Å². The number of fused-ring (bicyclic) bond motifs is 1. The lowest BCUT2D eigenvalue weighted by Gasteiger charge is -2.36. The molecule has 2 aliphatic rings. The van der Waals surface area contributed by atoms with E-state index in [4.69, 9.17) is 14.2 Å². The number of rotatable bonds is 10. The van der Waals surface area contributed by atoms with Gasteiger partial charge in [-0.05, 0) is 105 Å². The number of nitrogens with zero attached hydrogens (tertiary/aromatic N) is 2. The summed E-state index contributed by atoms with van der Waals surface area (Å²) in [7, 11) is 0. The van der Waals surface area contributed by atoms with Crippen molar-refractivity contribution in [3.8, 4) is 11.5 Å². The van der Waals surface area contributed by atoms with Gasteiger partial charge >= 0.3 is 6.09 Å². The van der Waals surface area contributed by atoms with Gasteiger partial charge in [0.25, 0.3) is 0 Å². The highest BCUT2D eigenvalue weighted by molar-refractivity contribution is 6.00. The molecule has 6 nitrogen and oxygen atoms in total. The highest BCUT2D eigenvalue weighted by Crippen LogP contribution is 2.42. The Kier molecular flexibility index (Phi) is 10.3. The first-order chi connectivity index (χ1) is 21.2. The molecule has 0 spiro atoms. The molecule has 0 bridgehead atoms. The average molecular weight is 597 g/mol. The Morgan fingerprint density at radius 3 is 2.25 bits per heavy atom. The maximum absolute atomic E-state index is 12.4. The molecule has 0 saturated carbocycles. The van der Waals surface area contributed by atoms with Crippen molar-refractivity contribution in [3.63, 3.8) is 0 Å². The van der Waals surface area contributed by atoms with E-state index >= 15 is 0 Å². The van der Waals surface area contributed by atoms with Crippen molar-refractivity contribution >= 4 is 17.2 Å². The zero-order chi connectivity index (χ0) is 31.1. The molecule has 1 fully saturated rings. The summed E-state index contributed by atoms with van der Waals surface area (Å²) in [6.07, 6.45) is 3.98. The van der Waals surface area contributed by atoms with Gasteiger partial charge in [0.2, 0.25) is 0 Å². The SMILES string of the molecule is CCCCOc1ccc2c(c1)CCC(c1ccccc1)=C2c1ccc(O[C@@H](C)CN2CCN(C(=O)OC(C)(C)C)CC2)cc1. The topological polar surface area (TPSA) is 51.2 Å². The zero-order valence-corrected chi connectivity index (χ0v) is 27.1. The zero-order valence-electron chi connectivity index (χ0n) is 27.1. The number of ether oxygens (including phenoxy) is 3. The van der Waals surface area contributed by atoms with Crippen LogP contribution in [0.25, 0.3) is 11.1 Å². The van der Waals surface area contributed by atoms with E-state index in [1.54, 1.807) is 4.90 Å². The first kappa shape index (κ1) is 31.6. The Labute approximate surface area is 263 Å². The monoisotopic (exact) mass is 596 g/mol. The Balaban J connectivity index is 1.26. The average Bonchev–Trinajstić information content (AvgIpc) is 3.01. The van der Waals surface area contributed by atoms with Crippen LogP contribution in [0.3, 0.4) is 0 Å². The molecule has 0 unspecified atom stereocenters. The molecule has 1 aliphatic heterocycles. The smallest absolute Gasteiger partial charge is 0.410 e. The minimum absolute atomic E-state index is 0.0227. The second-order valence-electron chi connectivity index (χ2n) is 13.0. The van der Waals surface area contributed by atoms with Gasteiger partial charge in [0.1, 0.15) is 23.2 Å². The number of carbonyl (C=O) groups is 1. The number of hydrogen-bond donors (Lipinski definition) is 0. The Morgan fingerprint density at radius 2 is 1.57 bits per heavy atom. The fraction of sp³-hybridized carbons (Fsp3) is 0.447. The van der Waals surface area contributed by atoms with Crippen LogP contribution in [0, 0.1) is 0 Å². The molecule has 1 heterocycles. The standard InChI is InChI=1S/C38H48N2O4/c1-6-7-25-42-33-18-20-35-31(26-33)15-19-34(29-11-9-8-10-12-29)36(35)30-13-16-32(17-14-30)43-28(2)27-39-21-23-40(24-22-39)37(41)44-38(3,4)5/h8-14,16-18,20,26,28H,6-7,15,19,21-25,27H2,1-5H3/t28-/m0/s1.